The van der Waals surface area contributed by atoms with E-state index in [-0.39, 0.29) is 16.5 Å². The Hall–Kier alpha value is -1.42. The van der Waals surface area contributed by atoms with Crippen molar-refractivity contribution in [2.45, 2.75) is 18.4 Å². The average Bonchev–Trinajstić information content (AvgIpc) is 2.75. The lowest BCUT2D eigenvalue weighted by atomic mass is 10.0. The standard InChI is InChI=1S/C11H8F2O2/c12-7-5-8-6(1-4-15-8)10(13)9(7)11(14)2-3-11/h1,4-5,14H,2-3H2. The Morgan fingerprint density at radius 1 is 1.33 bits per heavy atom. The van der Waals surface area contributed by atoms with Crippen LogP contribution in [0.1, 0.15) is 18.4 Å². The van der Waals surface area contributed by atoms with E-state index in [1.54, 1.807) is 0 Å². The molecule has 1 saturated carbocycles. The SMILES string of the molecule is OC1(c2c(F)cc3occc3c2F)CC1. The molecule has 0 bridgehead atoms. The van der Waals surface area contributed by atoms with Gasteiger partial charge in [-0.15, -0.1) is 0 Å². The van der Waals surface area contributed by atoms with Gasteiger partial charge in [0.2, 0.25) is 0 Å². The van der Waals surface area contributed by atoms with Crippen LogP contribution in [0.2, 0.25) is 0 Å². The average molecular weight is 210 g/mol. The van der Waals surface area contributed by atoms with Crippen molar-refractivity contribution < 1.29 is 18.3 Å². The quantitative estimate of drug-likeness (QED) is 0.785. The van der Waals surface area contributed by atoms with Gasteiger partial charge in [-0.1, -0.05) is 0 Å². The fraction of sp³-hybridized carbons (Fsp3) is 0.273. The van der Waals surface area contributed by atoms with Crippen LogP contribution >= 0.6 is 0 Å². The highest BCUT2D eigenvalue weighted by atomic mass is 19.1. The number of benzene rings is 1. The summed E-state index contributed by atoms with van der Waals surface area (Å²) in [5.41, 5.74) is -1.37. The fourth-order valence-electron chi connectivity index (χ4n) is 1.84. The first-order chi connectivity index (χ1) is 7.12. The van der Waals surface area contributed by atoms with Gasteiger partial charge in [0.1, 0.15) is 17.2 Å². The Labute approximate surface area is 84.1 Å². The molecule has 1 aliphatic carbocycles. The lowest BCUT2D eigenvalue weighted by Crippen LogP contribution is -2.10. The molecule has 0 radical (unpaired) electrons. The molecule has 0 amide bonds. The third kappa shape index (κ3) is 1.11. The molecule has 4 heteroatoms. The highest BCUT2D eigenvalue weighted by molar-refractivity contribution is 5.79. The van der Waals surface area contributed by atoms with E-state index in [0.717, 1.165) is 6.07 Å². The zero-order valence-corrected chi connectivity index (χ0v) is 7.76. The number of rotatable bonds is 1. The smallest absolute Gasteiger partial charge is 0.143 e. The molecule has 1 aromatic carbocycles. The molecule has 1 fully saturated rings. The third-order valence-corrected chi connectivity index (χ3v) is 2.84. The summed E-state index contributed by atoms with van der Waals surface area (Å²) in [4.78, 5) is 0. The van der Waals surface area contributed by atoms with Crippen molar-refractivity contribution in [1.29, 1.82) is 0 Å². The maximum atomic E-state index is 13.8. The van der Waals surface area contributed by atoms with E-state index in [1.165, 1.54) is 12.3 Å². The molecule has 0 aliphatic heterocycles. The summed E-state index contributed by atoms with van der Waals surface area (Å²) < 4.78 is 32.3. The van der Waals surface area contributed by atoms with E-state index in [2.05, 4.69) is 0 Å². The molecule has 0 saturated heterocycles. The maximum absolute atomic E-state index is 13.8. The number of furan rings is 1. The number of hydrogen-bond acceptors (Lipinski definition) is 2. The minimum absolute atomic E-state index is 0.165. The highest BCUT2D eigenvalue weighted by Crippen LogP contribution is 2.48. The molecule has 0 atom stereocenters. The molecule has 1 N–H and O–H groups in total. The molecule has 3 rings (SSSR count). The predicted molar refractivity (Wildman–Crippen MR) is 49.3 cm³/mol. The van der Waals surface area contributed by atoms with Gasteiger partial charge in [-0.05, 0) is 18.9 Å². The van der Waals surface area contributed by atoms with Gasteiger partial charge in [0.05, 0.1) is 22.8 Å². The van der Waals surface area contributed by atoms with Crippen LogP contribution in [0.15, 0.2) is 22.8 Å². The van der Waals surface area contributed by atoms with Crippen molar-refractivity contribution in [3.8, 4) is 0 Å². The Kier molecular flexibility index (Phi) is 1.52. The minimum atomic E-state index is -1.31. The second-order valence-corrected chi connectivity index (χ2v) is 3.91. The van der Waals surface area contributed by atoms with Gasteiger partial charge >= 0.3 is 0 Å². The molecule has 1 aromatic heterocycles. The van der Waals surface area contributed by atoms with Gasteiger partial charge in [0, 0.05) is 6.07 Å². The largest absolute Gasteiger partial charge is 0.464 e. The number of halogens is 2. The van der Waals surface area contributed by atoms with E-state index in [4.69, 9.17) is 4.42 Å². The second kappa shape index (κ2) is 2.58. The summed E-state index contributed by atoms with van der Waals surface area (Å²) in [7, 11) is 0. The first-order valence-electron chi connectivity index (χ1n) is 4.70. The van der Waals surface area contributed by atoms with Crippen LogP contribution in [0.4, 0.5) is 8.78 Å². The van der Waals surface area contributed by atoms with E-state index in [0.29, 0.717) is 12.8 Å². The third-order valence-electron chi connectivity index (χ3n) is 2.84. The molecular formula is C11H8F2O2. The molecule has 0 spiro atoms. The fourth-order valence-corrected chi connectivity index (χ4v) is 1.84. The van der Waals surface area contributed by atoms with Gasteiger partial charge in [0.25, 0.3) is 0 Å². The van der Waals surface area contributed by atoms with E-state index in [1.807, 2.05) is 0 Å². The minimum Gasteiger partial charge on any atom is -0.464 e. The van der Waals surface area contributed by atoms with Crippen LogP contribution in [0.25, 0.3) is 11.0 Å². The zero-order chi connectivity index (χ0) is 10.6. The topological polar surface area (TPSA) is 33.4 Å². The molecular weight excluding hydrogens is 202 g/mol. The van der Waals surface area contributed by atoms with Crippen molar-refractivity contribution >= 4 is 11.0 Å². The van der Waals surface area contributed by atoms with Crippen LogP contribution in [0.5, 0.6) is 0 Å². The van der Waals surface area contributed by atoms with Crippen LogP contribution in [-0.2, 0) is 5.60 Å². The first kappa shape index (κ1) is 8.85. The van der Waals surface area contributed by atoms with Crippen LogP contribution in [0, 0.1) is 11.6 Å². The van der Waals surface area contributed by atoms with Crippen molar-refractivity contribution in [2.75, 3.05) is 0 Å². The Bertz CT molecular complexity index is 541. The van der Waals surface area contributed by atoms with E-state index < -0.39 is 17.2 Å². The lowest BCUT2D eigenvalue weighted by molar-refractivity contribution is 0.142. The van der Waals surface area contributed by atoms with Gasteiger partial charge in [0.15, 0.2) is 0 Å². The monoisotopic (exact) mass is 210 g/mol. The van der Waals surface area contributed by atoms with Crippen molar-refractivity contribution in [1.82, 2.24) is 0 Å². The molecule has 0 unspecified atom stereocenters. The van der Waals surface area contributed by atoms with Gasteiger partial charge in [-0.2, -0.15) is 0 Å². The predicted octanol–water partition coefficient (Wildman–Crippen LogP) is 2.69. The summed E-state index contributed by atoms with van der Waals surface area (Å²) in [6.45, 7) is 0. The molecule has 1 heterocycles. The van der Waals surface area contributed by atoms with Crippen LogP contribution < -0.4 is 0 Å². The Morgan fingerprint density at radius 2 is 2.07 bits per heavy atom. The first-order valence-corrected chi connectivity index (χ1v) is 4.70. The number of hydrogen-bond donors (Lipinski definition) is 1. The van der Waals surface area contributed by atoms with Gasteiger partial charge in [-0.25, -0.2) is 8.78 Å². The van der Waals surface area contributed by atoms with Crippen molar-refractivity contribution in [3.63, 3.8) is 0 Å². The van der Waals surface area contributed by atoms with Crippen LogP contribution in [-0.4, -0.2) is 5.11 Å². The van der Waals surface area contributed by atoms with Gasteiger partial charge in [-0.3, -0.25) is 0 Å². The summed E-state index contributed by atoms with van der Waals surface area (Å²) in [5, 5.41) is 9.96. The number of aliphatic hydroxyl groups is 1. The Morgan fingerprint density at radius 3 is 2.73 bits per heavy atom. The highest BCUT2D eigenvalue weighted by Gasteiger charge is 2.46. The summed E-state index contributed by atoms with van der Waals surface area (Å²) in [5.74, 6) is -1.45. The van der Waals surface area contributed by atoms with Crippen molar-refractivity contribution in [3.05, 3.63) is 35.6 Å². The molecule has 78 valence electrons. The molecule has 15 heavy (non-hydrogen) atoms. The van der Waals surface area contributed by atoms with E-state index >= 15 is 0 Å². The van der Waals surface area contributed by atoms with Crippen molar-refractivity contribution in [2.24, 2.45) is 0 Å². The maximum Gasteiger partial charge on any atom is 0.143 e. The molecule has 2 aromatic rings. The Balaban J connectivity index is 2.37. The van der Waals surface area contributed by atoms with E-state index in [9.17, 15) is 13.9 Å². The lowest BCUT2D eigenvalue weighted by Gasteiger charge is -2.10. The number of fused-ring (bicyclic) bond motifs is 1. The molecule has 1 aliphatic rings. The molecule has 2 nitrogen and oxygen atoms in total. The summed E-state index contributed by atoms with van der Waals surface area (Å²) in [6, 6.07) is 2.55. The second-order valence-electron chi connectivity index (χ2n) is 3.91. The normalized spacial score (nSPS) is 18.3. The summed E-state index contributed by atoms with van der Waals surface area (Å²) >= 11 is 0. The van der Waals surface area contributed by atoms with Crippen LogP contribution in [0.3, 0.4) is 0 Å². The van der Waals surface area contributed by atoms with Gasteiger partial charge < -0.3 is 9.52 Å². The summed E-state index contributed by atoms with van der Waals surface area (Å²) in [6.07, 6.45) is 2.11. The zero-order valence-electron chi connectivity index (χ0n) is 7.76.